The van der Waals surface area contributed by atoms with Crippen LogP contribution in [0.3, 0.4) is 0 Å². The van der Waals surface area contributed by atoms with E-state index in [4.69, 9.17) is 4.98 Å². The predicted molar refractivity (Wildman–Crippen MR) is 81.9 cm³/mol. The monoisotopic (exact) mass is 271 g/mol. The largest absolute Gasteiger partial charge is 0.248 e. The molecule has 1 heterocycles. The Morgan fingerprint density at radius 2 is 1.79 bits per heavy atom. The van der Waals surface area contributed by atoms with Gasteiger partial charge in [-0.05, 0) is 24.3 Å². The van der Waals surface area contributed by atoms with Gasteiger partial charge < -0.3 is 0 Å². The molecule has 1 aliphatic carbocycles. The second kappa shape index (κ2) is 5.09. The third-order valence-corrected chi connectivity index (χ3v) is 5.79. The zero-order chi connectivity index (χ0) is 13.3. The minimum absolute atomic E-state index is 0.194. The third-order valence-electron chi connectivity index (χ3n) is 4.29. The first kappa shape index (κ1) is 12.9. The first-order valence-electron chi connectivity index (χ1n) is 7.24. The molecule has 100 valence electrons. The van der Waals surface area contributed by atoms with Gasteiger partial charge in [-0.25, -0.2) is 4.98 Å². The maximum absolute atomic E-state index is 4.79. The lowest BCUT2D eigenvalue weighted by Crippen LogP contribution is -2.23. The highest BCUT2D eigenvalue weighted by molar-refractivity contribution is 7.11. The lowest BCUT2D eigenvalue weighted by atomic mass is 9.79. The molecule has 2 heteroatoms. The van der Waals surface area contributed by atoms with Crippen LogP contribution in [0, 0.1) is 0 Å². The van der Waals surface area contributed by atoms with Gasteiger partial charge >= 0.3 is 0 Å². The van der Waals surface area contributed by atoms with Crippen molar-refractivity contribution in [1.82, 2.24) is 4.98 Å². The summed E-state index contributed by atoms with van der Waals surface area (Å²) in [6.45, 7) is 4.50. The molecule has 1 saturated carbocycles. The van der Waals surface area contributed by atoms with Gasteiger partial charge in [-0.3, -0.25) is 0 Å². The van der Waals surface area contributed by atoms with Gasteiger partial charge in [0, 0.05) is 16.5 Å². The maximum atomic E-state index is 4.79. The van der Waals surface area contributed by atoms with E-state index in [-0.39, 0.29) is 5.41 Å². The maximum Gasteiger partial charge on any atom is 0.103 e. The van der Waals surface area contributed by atoms with Crippen LogP contribution in [0.5, 0.6) is 0 Å². The van der Waals surface area contributed by atoms with Crippen LogP contribution in [0.25, 0.3) is 0 Å². The van der Waals surface area contributed by atoms with Crippen molar-refractivity contribution in [2.75, 3.05) is 0 Å². The number of thiazole rings is 1. The van der Waals surface area contributed by atoms with Gasteiger partial charge in [-0.2, -0.15) is 0 Å². The molecule has 0 spiro atoms. The zero-order valence-corrected chi connectivity index (χ0v) is 12.5. The van der Waals surface area contributed by atoms with Crippen LogP contribution < -0.4 is 0 Å². The summed E-state index contributed by atoms with van der Waals surface area (Å²) in [4.78, 5) is 6.20. The molecule has 1 nitrogen and oxygen atoms in total. The Kier molecular flexibility index (Phi) is 3.44. The predicted octanol–water partition coefficient (Wildman–Crippen LogP) is 5.13. The fraction of sp³-hybridized carbons (Fsp3) is 0.471. The number of aromatic nitrogens is 1. The van der Waals surface area contributed by atoms with E-state index in [0.29, 0.717) is 5.92 Å². The fourth-order valence-corrected chi connectivity index (χ4v) is 4.32. The summed E-state index contributed by atoms with van der Waals surface area (Å²) in [7, 11) is 0. The Morgan fingerprint density at radius 3 is 2.37 bits per heavy atom. The Labute approximate surface area is 119 Å². The molecule has 1 aromatic carbocycles. The lowest BCUT2D eigenvalue weighted by molar-refractivity contribution is 0.532. The molecule has 1 aliphatic rings. The number of rotatable bonds is 3. The van der Waals surface area contributed by atoms with E-state index in [9.17, 15) is 0 Å². The summed E-state index contributed by atoms with van der Waals surface area (Å²) < 4.78 is 0. The Hall–Kier alpha value is -1.15. The second-order valence-corrected chi connectivity index (χ2v) is 6.94. The molecule has 0 atom stereocenters. The average Bonchev–Trinajstić information content (AvgIpc) is 3.09. The summed E-state index contributed by atoms with van der Waals surface area (Å²) in [6, 6.07) is 11.0. The molecule has 0 amide bonds. The fourth-order valence-electron chi connectivity index (χ4n) is 3.14. The number of hydrogen-bond acceptors (Lipinski definition) is 2. The van der Waals surface area contributed by atoms with Crippen molar-refractivity contribution in [1.29, 1.82) is 0 Å². The molecule has 1 fully saturated rings. The van der Waals surface area contributed by atoms with Crippen LogP contribution in [-0.2, 0) is 5.41 Å². The molecule has 0 N–H and O–H groups in total. The van der Waals surface area contributed by atoms with Crippen molar-refractivity contribution in [3.63, 3.8) is 0 Å². The van der Waals surface area contributed by atoms with Crippen LogP contribution in [0.1, 0.15) is 60.9 Å². The highest BCUT2D eigenvalue weighted by Crippen LogP contribution is 2.48. The molecular weight excluding hydrogens is 250 g/mol. The van der Waals surface area contributed by atoms with Crippen LogP contribution in [0.4, 0.5) is 0 Å². The molecule has 19 heavy (non-hydrogen) atoms. The Morgan fingerprint density at radius 1 is 1.11 bits per heavy atom. The number of benzene rings is 1. The van der Waals surface area contributed by atoms with E-state index >= 15 is 0 Å². The molecule has 0 bridgehead atoms. The number of nitrogens with zero attached hydrogens (tertiary/aromatic N) is 1. The minimum atomic E-state index is 0.194. The second-order valence-electron chi connectivity index (χ2n) is 5.88. The molecular formula is C17H21NS. The summed E-state index contributed by atoms with van der Waals surface area (Å²) >= 11 is 1.92. The van der Waals surface area contributed by atoms with Crippen LogP contribution >= 0.6 is 11.3 Å². The van der Waals surface area contributed by atoms with E-state index in [0.717, 1.165) is 0 Å². The van der Waals surface area contributed by atoms with Crippen molar-refractivity contribution < 1.29 is 0 Å². The summed E-state index contributed by atoms with van der Waals surface area (Å²) in [6.07, 6.45) is 7.24. The van der Waals surface area contributed by atoms with E-state index in [1.54, 1.807) is 0 Å². The van der Waals surface area contributed by atoms with Crippen LogP contribution in [0.15, 0.2) is 36.5 Å². The average molecular weight is 271 g/mol. The van der Waals surface area contributed by atoms with Crippen LogP contribution in [-0.4, -0.2) is 4.98 Å². The van der Waals surface area contributed by atoms with Crippen molar-refractivity contribution in [2.24, 2.45) is 0 Å². The van der Waals surface area contributed by atoms with Gasteiger partial charge in [-0.1, -0.05) is 57.0 Å². The molecule has 3 rings (SSSR count). The molecule has 0 unspecified atom stereocenters. The Bertz CT molecular complexity index is 535. The third kappa shape index (κ3) is 2.23. The highest BCUT2D eigenvalue weighted by atomic mass is 32.1. The highest BCUT2D eigenvalue weighted by Gasteiger charge is 2.39. The normalized spacial score (nSPS) is 18.1. The van der Waals surface area contributed by atoms with Crippen LogP contribution in [0.2, 0.25) is 0 Å². The van der Waals surface area contributed by atoms with Gasteiger partial charge in [-0.15, -0.1) is 11.3 Å². The summed E-state index contributed by atoms with van der Waals surface area (Å²) in [5.41, 5.74) is 1.65. The van der Waals surface area contributed by atoms with Crippen molar-refractivity contribution in [3.05, 3.63) is 52.0 Å². The van der Waals surface area contributed by atoms with Crippen molar-refractivity contribution in [3.8, 4) is 0 Å². The van der Waals surface area contributed by atoms with Crippen molar-refractivity contribution >= 4 is 11.3 Å². The van der Waals surface area contributed by atoms with Gasteiger partial charge in [0.1, 0.15) is 5.01 Å². The first-order valence-corrected chi connectivity index (χ1v) is 8.06. The summed E-state index contributed by atoms with van der Waals surface area (Å²) in [5.74, 6) is 0.584. The molecule has 0 saturated heterocycles. The summed E-state index contributed by atoms with van der Waals surface area (Å²) in [5, 5.41) is 1.33. The lowest BCUT2D eigenvalue weighted by Gasteiger charge is -2.27. The van der Waals surface area contributed by atoms with Gasteiger partial charge in [0.25, 0.3) is 0 Å². The molecule has 1 aromatic heterocycles. The van der Waals surface area contributed by atoms with Gasteiger partial charge in [0.05, 0.1) is 0 Å². The topological polar surface area (TPSA) is 12.9 Å². The zero-order valence-electron chi connectivity index (χ0n) is 11.7. The van der Waals surface area contributed by atoms with E-state index in [2.05, 4.69) is 50.4 Å². The number of hydrogen-bond donors (Lipinski definition) is 0. The van der Waals surface area contributed by atoms with E-state index in [1.807, 2.05) is 11.3 Å². The standard InChI is InChI=1S/C17H21NS/c1-13(2)15-12-18-16(19-15)17(10-6-7-11-17)14-8-4-3-5-9-14/h3-5,8-9,12-13H,6-7,10-11H2,1-2H3. The molecule has 0 aliphatic heterocycles. The smallest absolute Gasteiger partial charge is 0.103 e. The molecule has 2 aromatic rings. The van der Waals surface area contributed by atoms with E-state index in [1.165, 1.54) is 41.1 Å². The Balaban J connectivity index is 2.05. The molecule has 0 radical (unpaired) electrons. The minimum Gasteiger partial charge on any atom is -0.248 e. The quantitative estimate of drug-likeness (QED) is 0.754. The van der Waals surface area contributed by atoms with E-state index < -0.39 is 0 Å². The van der Waals surface area contributed by atoms with Crippen molar-refractivity contribution in [2.45, 2.75) is 50.9 Å². The SMILES string of the molecule is CC(C)c1cnc(C2(c3ccccc3)CCCC2)s1. The van der Waals surface area contributed by atoms with Gasteiger partial charge in [0.15, 0.2) is 0 Å². The van der Waals surface area contributed by atoms with Gasteiger partial charge in [0.2, 0.25) is 0 Å². The first-order chi connectivity index (χ1) is 9.22.